The van der Waals surface area contributed by atoms with Crippen LogP contribution in [0.4, 0.5) is 0 Å². The van der Waals surface area contributed by atoms with Crippen LogP contribution in [0, 0.1) is 0 Å². The van der Waals surface area contributed by atoms with Crippen LogP contribution in [0.25, 0.3) is 0 Å². The van der Waals surface area contributed by atoms with Crippen LogP contribution >= 0.6 is 27.3 Å². The Kier molecular flexibility index (Phi) is 3.91. The summed E-state index contributed by atoms with van der Waals surface area (Å²) in [7, 11) is 0. The van der Waals surface area contributed by atoms with E-state index in [4.69, 9.17) is 0 Å². The molecular weight excluding hydrogens is 250 g/mol. The molecule has 0 radical (unpaired) electrons. The molecule has 13 heavy (non-hydrogen) atoms. The molecule has 1 heterocycles. The predicted molar refractivity (Wildman–Crippen MR) is 60.0 cm³/mol. The van der Waals surface area contributed by atoms with Gasteiger partial charge in [0.25, 0.3) is 0 Å². The van der Waals surface area contributed by atoms with Gasteiger partial charge in [0.15, 0.2) is 0 Å². The molecule has 0 unspecified atom stereocenters. The highest BCUT2D eigenvalue weighted by Gasteiger charge is 2.11. The van der Waals surface area contributed by atoms with Crippen LogP contribution in [0.15, 0.2) is 15.9 Å². The Morgan fingerprint density at radius 2 is 2.31 bits per heavy atom. The summed E-state index contributed by atoms with van der Waals surface area (Å²) in [5.74, 6) is 0. The van der Waals surface area contributed by atoms with Crippen molar-refractivity contribution in [1.29, 1.82) is 0 Å². The molecular formula is C9H14BrNOS. The first-order valence-corrected chi connectivity index (χ1v) is 5.81. The van der Waals surface area contributed by atoms with Gasteiger partial charge in [-0.1, -0.05) is 0 Å². The average Bonchev–Trinajstić information content (AvgIpc) is 2.33. The SMILES string of the molecule is CC(C)(O)CNCc1cc(Br)cs1. The lowest BCUT2D eigenvalue weighted by Crippen LogP contribution is -2.34. The Hall–Kier alpha value is 0.1000. The number of rotatable bonds is 4. The average molecular weight is 264 g/mol. The fourth-order valence-corrected chi connectivity index (χ4v) is 2.36. The molecule has 0 aliphatic rings. The lowest BCUT2D eigenvalue weighted by Gasteiger charge is -2.17. The van der Waals surface area contributed by atoms with Crippen LogP contribution in [0.3, 0.4) is 0 Å². The molecule has 0 amide bonds. The first kappa shape index (κ1) is 11.2. The zero-order valence-electron chi connectivity index (χ0n) is 7.80. The predicted octanol–water partition coefficient (Wildman–Crippen LogP) is 2.37. The Morgan fingerprint density at radius 1 is 1.62 bits per heavy atom. The summed E-state index contributed by atoms with van der Waals surface area (Å²) < 4.78 is 1.12. The number of aliphatic hydroxyl groups is 1. The van der Waals surface area contributed by atoms with Gasteiger partial charge in [0, 0.05) is 27.8 Å². The number of hydrogen-bond donors (Lipinski definition) is 2. The second kappa shape index (κ2) is 4.55. The quantitative estimate of drug-likeness (QED) is 0.875. The molecule has 1 aromatic rings. The first-order valence-electron chi connectivity index (χ1n) is 4.13. The molecule has 0 bridgehead atoms. The van der Waals surface area contributed by atoms with Crippen molar-refractivity contribution in [2.45, 2.75) is 26.0 Å². The highest BCUT2D eigenvalue weighted by Crippen LogP contribution is 2.19. The molecule has 0 aliphatic carbocycles. The zero-order valence-corrected chi connectivity index (χ0v) is 10.2. The van der Waals surface area contributed by atoms with Gasteiger partial charge in [0.2, 0.25) is 0 Å². The largest absolute Gasteiger partial charge is 0.389 e. The van der Waals surface area contributed by atoms with E-state index in [2.05, 4.69) is 32.7 Å². The summed E-state index contributed by atoms with van der Waals surface area (Å²) in [6, 6.07) is 2.09. The monoisotopic (exact) mass is 263 g/mol. The van der Waals surface area contributed by atoms with Gasteiger partial charge in [-0.2, -0.15) is 0 Å². The summed E-state index contributed by atoms with van der Waals surface area (Å²) in [6.07, 6.45) is 0. The third-order valence-electron chi connectivity index (χ3n) is 1.48. The van der Waals surface area contributed by atoms with Gasteiger partial charge in [-0.15, -0.1) is 11.3 Å². The van der Waals surface area contributed by atoms with Gasteiger partial charge in [-0.25, -0.2) is 0 Å². The Bertz CT molecular complexity index is 267. The van der Waals surface area contributed by atoms with E-state index in [0.29, 0.717) is 6.54 Å². The third kappa shape index (κ3) is 4.76. The second-order valence-electron chi connectivity index (χ2n) is 3.65. The van der Waals surface area contributed by atoms with E-state index >= 15 is 0 Å². The highest BCUT2D eigenvalue weighted by atomic mass is 79.9. The molecule has 0 spiro atoms. The van der Waals surface area contributed by atoms with Gasteiger partial charge >= 0.3 is 0 Å². The van der Waals surface area contributed by atoms with E-state index in [1.807, 2.05) is 0 Å². The van der Waals surface area contributed by atoms with Crippen molar-refractivity contribution in [2.24, 2.45) is 0 Å². The van der Waals surface area contributed by atoms with Crippen molar-refractivity contribution in [3.8, 4) is 0 Å². The molecule has 2 N–H and O–H groups in total. The fraction of sp³-hybridized carbons (Fsp3) is 0.556. The summed E-state index contributed by atoms with van der Waals surface area (Å²) in [4.78, 5) is 1.27. The molecule has 0 atom stereocenters. The van der Waals surface area contributed by atoms with Gasteiger partial charge in [-0.05, 0) is 35.8 Å². The van der Waals surface area contributed by atoms with E-state index in [9.17, 15) is 5.11 Å². The maximum atomic E-state index is 9.43. The van der Waals surface area contributed by atoms with Crippen LogP contribution in [0.5, 0.6) is 0 Å². The van der Waals surface area contributed by atoms with Crippen molar-refractivity contribution in [2.75, 3.05) is 6.54 Å². The van der Waals surface area contributed by atoms with Gasteiger partial charge in [0.1, 0.15) is 0 Å². The number of hydrogen-bond acceptors (Lipinski definition) is 3. The second-order valence-corrected chi connectivity index (χ2v) is 5.56. The molecule has 0 saturated carbocycles. The summed E-state index contributed by atoms with van der Waals surface area (Å²) in [6.45, 7) is 5.03. The zero-order chi connectivity index (χ0) is 9.90. The maximum absolute atomic E-state index is 9.43. The molecule has 2 nitrogen and oxygen atoms in total. The number of thiophene rings is 1. The topological polar surface area (TPSA) is 32.3 Å². The maximum Gasteiger partial charge on any atom is 0.0715 e. The molecule has 1 aromatic heterocycles. The minimum atomic E-state index is -0.630. The molecule has 0 aliphatic heterocycles. The summed E-state index contributed by atoms with van der Waals surface area (Å²) in [5, 5.41) is 14.7. The van der Waals surface area contributed by atoms with Crippen molar-refractivity contribution in [1.82, 2.24) is 5.32 Å². The van der Waals surface area contributed by atoms with Crippen LogP contribution in [-0.4, -0.2) is 17.3 Å². The smallest absolute Gasteiger partial charge is 0.0715 e. The van der Waals surface area contributed by atoms with Crippen LogP contribution in [-0.2, 0) is 6.54 Å². The van der Waals surface area contributed by atoms with E-state index in [1.54, 1.807) is 25.2 Å². The summed E-state index contributed by atoms with van der Waals surface area (Å²) >= 11 is 5.11. The molecule has 0 fully saturated rings. The van der Waals surface area contributed by atoms with Crippen molar-refractivity contribution in [3.05, 3.63) is 20.8 Å². The Morgan fingerprint density at radius 3 is 2.77 bits per heavy atom. The normalized spacial score (nSPS) is 12.0. The molecule has 4 heteroatoms. The van der Waals surface area contributed by atoms with Gasteiger partial charge in [0.05, 0.1) is 5.60 Å². The Balaban J connectivity index is 2.28. The van der Waals surface area contributed by atoms with Crippen LogP contribution in [0.1, 0.15) is 18.7 Å². The summed E-state index contributed by atoms with van der Waals surface area (Å²) in [5.41, 5.74) is -0.630. The minimum Gasteiger partial charge on any atom is -0.389 e. The lowest BCUT2D eigenvalue weighted by molar-refractivity contribution is 0.0796. The van der Waals surface area contributed by atoms with Gasteiger partial charge < -0.3 is 10.4 Å². The number of nitrogens with one attached hydrogen (secondary N) is 1. The minimum absolute atomic E-state index is 0.614. The standard InChI is InChI=1S/C9H14BrNOS/c1-9(2,12)6-11-4-8-3-7(10)5-13-8/h3,5,11-12H,4,6H2,1-2H3. The number of halogens is 1. The van der Waals surface area contributed by atoms with Crippen LogP contribution in [0.2, 0.25) is 0 Å². The van der Waals surface area contributed by atoms with E-state index in [-0.39, 0.29) is 0 Å². The third-order valence-corrected chi connectivity index (χ3v) is 3.18. The molecule has 0 saturated heterocycles. The fourth-order valence-electron chi connectivity index (χ4n) is 0.938. The molecule has 1 rings (SSSR count). The van der Waals surface area contributed by atoms with Gasteiger partial charge in [-0.3, -0.25) is 0 Å². The van der Waals surface area contributed by atoms with Crippen molar-refractivity contribution >= 4 is 27.3 Å². The lowest BCUT2D eigenvalue weighted by atomic mass is 10.1. The van der Waals surface area contributed by atoms with E-state index in [0.717, 1.165) is 11.0 Å². The van der Waals surface area contributed by atoms with E-state index < -0.39 is 5.60 Å². The Labute approximate surface area is 91.1 Å². The first-order chi connectivity index (χ1) is 5.97. The van der Waals surface area contributed by atoms with E-state index in [1.165, 1.54) is 4.88 Å². The molecule has 0 aromatic carbocycles. The molecule has 74 valence electrons. The van der Waals surface area contributed by atoms with Crippen LogP contribution < -0.4 is 5.32 Å². The van der Waals surface area contributed by atoms with Crippen molar-refractivity contribution in [3.63, 3.8) is 0 Å². The van der Waals surface area contributed by atoms with Crippen molar-refractivity contribution < 1.29 is 5.11 Å². The highest BCUT2D eigenvalue weighted by molar-refractivity contribution is 9.10.